The minimum absolute atomic E-state index is 0.0189. The van der Waals surface area contributed by atoms with Gasteiger partial charge in [-0.15, -0.1) is 0 Å². The van der Waals surface area contributed by atoms with Gasteiger partial charge in [0.2, 0.25) is 0 Å². The molecule has 0 radical (unpaired) electrons. The second kappa shape index (κ2) is 14.9. The number of azide groups is 1. The van der Waals surface area contributed by atoms with Crippen LogP contribution in [0.15, 0.2) is 17.2 Å². The molecule has 2 rings (SSSR count). The van der Waals surface area contributed by atoms with Gasteiger partial charge in [-0.3, -0.25) is 14.6 Å². The summed E-state index contributed by atoms with van der Waals surface area (Å²) in [6.45, 7) is 10.9. The molecule has 1 fully saturated rings. The van der Waals surface area contributed by atoms with Gasteiger partial charge in [-0.05, 0) is 85.9 Å². The molecule has 0 aliphatic carbocycles. The highest BCUT2D eigenvalue weighted by Crippen LogP contribution is 2.40. The number of nitrogens with zero attached hydrogens (tertiary/aromatic N) is 4. The van der Waals surface area contributed by atoms with E-state index in [9.17, 15) is 15.1 Å². The normalized spacial score (nSPS) is 19.9. The van der Waals surface area contributed by atoms with Crippen molar-refractivity contribution in [3.8, 4) is 0 Å². The highest BCUT2D eigenvalue weighted by Gasteiger charge is 2.42. The number of hydrogen-bond acceptors (Lipinski definition) is 7. The maximum atomic E-state index is 12.6. The molecule has 0 amide bonds. The van der Waals surface area contributed by atoms with Gasteiger partial charge < -0.3 is 14.2 Å². The number of ether oxygens (including phenoxy) is 3. The summed E-state index contributed by atoms with van der Waals surface area (Å²) in [5.41, 5.74) is 12.3. The molecule has 1 saturated heterocycles. The van der Waals surface area contributed by atoms with Crippen molar-refractivity contribution in [2.75, 3.05) is 20.8 Å². The molecule has 9 heteroatoms. The summed E-state index contributed by atoms with van der Waals surface area (Å²) in [5, 5.41) is 4.09. The molecule has 0 saturated carbocycles. The number of carbonyl (C=O) groups excluding carboxylic acids is 2. The summed E-state index contributed by atoms with van der Waals surface area (Å²) in [4.78, 5) is 32.8. The number of aryl methyl sites for hydroxylation is 2. The number of rotatable bonds is 15. The number of aromatic nitrogens is 1. The van der Waals surface area contributed by atoms with E-state index in [2.05, 4.69) is 29.9 Å². The predicted octanol–water partition coefficient (Wildman–Crippen LogP) is 5.93. The van der Waals surface area contributed by atoms with Crippen molar-refractivity contribution in [2.24, 2.45) is 28.8 Å². The van der Waals surface area contributed by atoms with Crippen molar-refractivity contribution in [1.82, 2.24) is 4.98 Å². The van der Waals surface area contributed by atoms with Gasteiger partial charge in [-0.1, -0.05) is 32.8 Å². The zero-order chi connectivity index (χ0) is 27.5. The van der Waals surface area contributed by atoms with Crippen LogP contribution in [0.25, 0.3) is 10.4 Å². The standard InChI is InChI=1S/C28H44N4O5/c1-17(2)22(14-25(31-32-29)26-15-23(18(3)4)28(34)37-26)24(16-27(33)36-7)20-12-19(5)30-21(13-20)10-8-9-11-35-6/h12-13,17-18,22-26H,8-11,14-16H2,1-7H3. The summed E-state index contributed by atoms with van der Waals surface area (Å²) < 4.78 is 15.9. The zero-order valence-electron chi connectivity index (χ0n) is 23.5. The summed E-state index contributed by atoms with van der Waals surface area (Å²) >= 11 is 0. The van der Waals surface area contributed by atoms with E-state index >= 15 is 0 Å². The molecule has 2 heterocycles. The molecule has 0 aromatic carbocycles. The number of cyclic esters (lactones) is 1. The van der Waals surface area contributed by atoms with Gasteiger partial charge in [0.25, 0.3) is 0 Å². The summed E-state index contributed by atoms with van der Waals surface area (Å²) in [6.07, 6.45) is 3.50. The van der Waals surface area contributed by atoms with Crippen LogP contribution in [0.5, 0.6) is 0 Å². The predicted molar refractivity (Wildman–Crippen MR) is 142 cm³/mol. The number of hydrogen-bond donors (Lipinski definition) is 0. The van der Waals surface area contributed by atoms with E-state index in [1.165, 1.54) is 7.11 Å². The Labute approximate surface area is 221 Å². The Morgan fingerprint density at radius 1 is 1.24 bits per heavy atom. The fraction of sp³-hybridized carbons (Fsp3) is 0.750. The van der Waals surface area contributed by atoms with E-state index in [-0.39, 0.29) is 47.9 Å². The van der Waals surface area contributed by atoms with E-state index in [1.54, 1.807) is 7.11 Å². The second-order valence-corrected chi connectivity index (χ2v) is 10.8. The smallest absolute Gasteiger partial charge is 0.309 e. The Balaban J connectivity index is 2.39. The van der Waals surface area contributed by atoms with Crippen LogP contribution in [-0.2, 0) is 30.2 Å². The van der Waals surface area contributed by atoms with Crippen molar-refractivity contribution < 1.29 is 23.8 Å². The molecular weight excluding hydrogens is 472 g/mol. The molecule has 1 aliphatic rings. The summed E-state index contributed by atoms with van der Waals surface area (Å²) in [6, 6.07) is 3.62. The Bertz CT molecular complexity index is 945. The molecule has 37 heavy (non-hydrogen) atoms. The molecule has 1 aromatic rings. The largest absolute Gasteiger partial charge is 0.469 e. The Morgan fingerprint density at radius 2 is 1.97 bits per heavy atom. The van der Waals surface area contributed by atoms with Crippen LogP contribution in [-0.4, -0.2) is 49.9 Å². The lowest BCUT2D eigenvalue weighted by molar-refractivity contribution is -0.146. The maximum absolute atomic E-state index is 12.6. The third-order valence-electron chi connectivity index (χ3n) is 7.48. The lowest BCUT2D eigenvalue weighted by atomic mass is 9.73. The molecule has 0 N–H and O–H groups in total. The number of pyridine rings is 1. The van der Waals surface area contributed by atoms with E-state index in [0.29, 0.717) is 19.4 Å². The Morgan fingerprint density at radius 3 is 2.54 bits per heavy atom. The van der Waals surface area contributed by atoms with E-state index < -0.39 is 12.1 Å². The topological polar surface area (TPSA) is 123 Å². The van der Waals surface area contributed by atoms with Gasteiger partial charge in [-0.2, -0.15) is 0 Å². The molecule has 9 nitrogen and oxygen atoms in total. The first-order valence-corrected chi connectivity index (χ1v) is 13.4. The van der Waals surface area contributed by atoms with Crippen LogP contribution >= 0.6 is 0 Å². The maximum Gasteiger partial charge on any atom is 0.309 e. The summed E-state index contributed by atoms with van der Waals surface area (Å²) in [5.74, 6) is -0.585. The number of methoxy groups -OCH3 is 2. The van der Waals surface area contributed by atoms with Crippen LogP contribution < -0.4 is 0 Å². The van der Waals surface area contributed by atoms with Crippen LogP contribution in [0, 0.1) is 30.6 Å². The van der Waals surface area contributed by atoms with Gasteiger partial charge in [0.15, 0.2) is 0 Å². The minimum atomic E-state index is -0.512. The van der Waals surface area contributed by atoms with Gasteiger partial charge >= 0.3 is 11.9 Å². The average Bonchev–Trinajstić information content (AvgIpc) is 3.24. The number of carbonyl (C=O) groups is 2. The van der Waals surface area contributed by atoms with Gasteiger partial charge in [0.1, 0.15) is 6.10 Å². The third-order valence-corrected chi connectivity index (χ3v) is 7.48. The van der Waals surface area contributed by atoms with E-state index in [4.69, 9.17) is 19.2 Å². The average molecular weight is 517 g/mol. The molecule has 1 aliphatic heterocycles. The quantitative estimate of drug-likeness (QED) is 0.0935. The number of esters is 2. The van der Waals surface area contributed by atoms with Gasteiger partial charge in [0, 0.05) is 30.0 Å². The summed E-state index contributed by atoms with van der Waals surface area (Å²) in [7, 11) is 3.10. The number of unbranched alkanes of at least 4 members (excludes halogenated alkanes) is 1. The fourth-order valence-electron chi connectivity index (χ4n) is 5.37. The van der Waals surface area contributed by atoms with Crippen molar-refractivity contribution in [2.45, 2.75) is 91.2 Å². The molecule has 0 bridgehead atoms. The first-order chi connectivity index (χ1) is 17.6. The molecule has 5 unspecified atom stereocenters. The Kier molecular flexibility index (Phi) is 12.3. The molecule has 206 valence electrons. The van der Waals surface area contributed by atoms with Crippen molar-refractivity contribution in [3.63, 3.8) is 0 Å². The van der Waals surface area contributed by atoms with Crippen LogP contribution in [0.2, 0.25) is 0 Å². The molecule has 0 spiro atoms. The SMILES string of the molecule is COCCCCc1cc(C(CC(=O)OC)C(CC(N=[N+]=[N-])C2CC(C(C)C)C(=O)O2)C(C)C)cc(C)n1. The van der Waals surface area contributed by atoms with Crippen LogP contribution in [0.1, 0.15) is 82.7 Å². The Hall–Kier alpha value is -2.64. The fourth-order valence-corrected chi connectivity index (χ4v) is 5.37. The van der Waals surface area contributed by atoms with Crippen molar-refractivity contribution in [3.05, 3.63) is 39.5 Å². The zero-order valence-corrected chi connectivity index (χ0v) is 23.5. The first-order valence-electron chi connectivity index (χ1n) is 13.4. The van der Waals surface area contributed by atoms with E-state index in [0.717, 1.165) is 36.2 Å². The highest BCUT2D eigenvalue weighted by atomic mass is 16.6. The van der Waals surface area contributed by atoms with Crippen LogP contribution in [0.4, 0.5) is 0 Å². The highest BCUT2D eigenvalue weighted by molar-refractivity contribution is 5.75. The molecular formula is C28H44N4O5. The van der Waals surface area contributed by atoms with Crippen molar-refractivity contribution in [1.29, 1.82) is 0 Å². The van der Waals surface area contributed by atoms with E-state index in [1.807, 2.05) is 26.8 Å². The van der Waals surface area contributed by atoms with Gasteiger partial charge in [0.05, 0.1) is 25.5 Å². The first kappa shape index (κ1) is 30.6. The van der Waals surface area contributed by atoms with Crippen molar-refractivity contribution >= 4 is 11.9 Å². The third kappa shape index (κ3) is 9.00. The second-order valence-electron chi connectivity index (χ2n) is 10.8. The van der Waals surface area contributed by atoms with Gasteiger partial charge in [-0.25, -0.2) is 0 Å². The lowest BCUT2D eigenvalue weighted by Crippen LogP contribution is -2.32. The molecule has 5 atom stereocenters. The van der Waals surface area contributed by atoms with Crippen LogP contribution in [0.3, 0.4) is 0 Å². The molecule has 1 aromatic heterocycles. The monoisotopic (exact) mass is 516 g/mol. The lowest BCUT2D eigenvalue weighted by Gasteiger charge is -2.33. The minimum Gasteiger partial charge on any atom is -0.469 e.